The highest BCUT2D eigenvalue weighted by Gasteiger charge is 2.18. The Bertz CT molecular complexity index is 343. The lowest BCUT2D eigenvalue weighted by molar-refractivity contribution is 0.269. The third-order valence-electron chi connectivity index (χ3n) is 2.35. The van der Waals surface area contributed by atoms with Crippen molar-refractivity contribution in [3.8, 4) is 5.75 Å². The summed E-state index contributed by atoms with van der Waals surface area (Å²) in [5, 5.41) is 0. The molecule has 0 amide bonds. The van der Waals surface area contributed by atoms with E-state index in [0.29, 0.717) is 6.61 Å². The van der Waals surface area contributed by atoms with Gasteiger partial charge in [0, 0.05) is 12.6 Å². The van der Waals surface area contributed by atoms with Crippen molar-refractivity contribution in [2.45, 2.75) is 6.92 Å². The minimum atomic E-state index is 0.707. The van der Waals surface area contributed by atoms with Crippen molar-refractivity contribution in [3.63, 3.8) is 0 Å². The maximum atomic E-state index is 5.54. The Morgan fingerprint density at radius 2 is 2.53 bits per heavy atom. The van der Waals surface area contributed by atoms with E-state index in [1.165, 1.54) is 0 Å². The minimum Gasteiger partial charge on any atom is -0.488 e. The second-order valence-electron chi connectivity index (χ2n) is 3.28. The Morgan fingerprint density at radius 1 is 1.67 bits per heavy atom. The Kier molecular flexibility index (Phi) is 2.91. The molecule has 0 fully saturated rings. The van der Waals surface area contributed by atoms with Crippen LogP contribution in [0.15, 0.2) is 12.3 Å². The molecule has 0 aliphatic carbocycles. The molecule has 5 nitrogen and oxygen atoms in total. The molecule has 5 heteroatoms. The second kappa shape index (κ2) is 4.35. The molecule has 0 aromatic carbocycles. The first-order chi connectivity index (χ1) is 7.35. The molecule has 1 aliphatic rings. The molecule has 15 heavy (non-hydrogen) atoms. The predicted octanol–water partition coefficient (Wildman–Crippen LogP) is 1.27. The van der Waals surface area contributed by atoms with E-state index in [-0.39, 0.29) is 0 Å². The van der Waals surface area contributed by atoms with Crippen LogP contribution in [0.25, 0.3) is 0 Å². The van der Waals surface area contributed by atoms with Crippen molar-refractivity contribution in [2.75, 3.05) is 37.2 Å². The van der Waals surface area contributed by atoms with Crippen LogP contribution >= 0.6 is 0 Å². The van der Waals surface area contributed by atoms with E-state index < -0.39 is 0 Å². The number of anilines is 2. The average Bonchev–Trinajstić information content (AvgIpc) is 2.28. The Balaban J connectivity index is 2.27. The third kappa shape index (κ3) is 1.97. The first kappa shape index (κ1) is 10.0. The number of ether oxygens (including phenoxy) is 1. The summed E-state index contributed by atoms with van der Waals surface area (Å²) >= 11 is 0. The van der Waals surface area contributed by atoms with Crippen LogP contribution in [0.2, 0.25) is 0 Å². The molecule has 1 aromatic heterocycles. The number of likely N-dealkylation sites (N-methyl/N-ethyl adjacent to an activating group) is 1. The molecule has 1 aromatic rings. The van der Waals surface area contributed by atoms with Gasteiger partial charge in [0.1, 0.15) is 6.61 Å². The normalized spacial score (nSPS) is 14.4. The van der Waals surface area contributed by atoms with E-state index in [1.807, 2.05) is 6.07 Å². The largest absolute Gasteiger partial charge is 0.488 e. The summed E-state index contributed by atoms with van der Waals surface area (Å²) in [5.41, 5.74) is 3.53. The molecule has 1 N–H and O–H groups in total. The van der Waals surface area contributed by atoms with Crippen LogP contribution in [0, 0.1) is 0 Å². The quantitative estimate of drug-likeness (QED) is 0.760. The van der Waals surface area contributed by atoms with Gasteiger partial charge in [0.2, 0.25) is 0 Å². The van der Waals surface area contributed by atoms with E-state index in [9.17, 15) is 0 Å². The molecule has 2 heterocycles. The zero-order valence-corrected chi connectivity index (χ0v) is 8.99. The zero-order chi connectivity index (χ0) is 10.7. The van der Waals surface area contributed by atoms with Crippen LogP contribution in [-0.2, 0) is 4.84 Å². The molecule has 2 rings (SSSR count). The highest BCUT2D eigenvalue weighted by molar-refractivity contribution is 5.59. The number of hydrogen-bond acceptors (Lipinski definition) is 5. The second-order valence-corrected chi connectivity index (χ2v) is 3.28. The van der Waals surface area contributed by atoms with Crippen LogP contribution < -0.4 is 15.1 Å². The summed E-state index contributed by atoms with van der Waals surface area (Å²) in [5.74, 6) is 1.72. The van der Waals surface area contributed by atoms with Gasteiger partial charge in [0.15, 0.2) is 11.6 Å². The maximum Gasteiger partial charge on any atom is 0.171 e. The van der Waals surface area contributed by atoms with Gasteiger partial charge >= 0.3 is 0 Å². The number of pyridine rings is 1. The molecule has 0 saturated carbocycles. The molecule has 0 atom stereocenters. The van der Waals surface area contributed by atoms with Gasteiger partial charge in [-0.2, -0.15) is 0 Å². The van der Waals surface area contributed by atoms with Crippen molar-refractivity contribution in [3.05, 3.63) is 12.3 Å². The Labute approximate surface area is 89.0 Å². The van der Waals surface area contributed by atoms with Gasteiger partial charge in [-0.05, 0) is 6.92 Å². The fourth-order valence-electron chi connectivity index (χ4n) is 1.63. The Morgan fingerprint density at radius 3 is 3.27 bits per heavy atom. The zero-order valence-electron chi connectivity index (χ0n) is 8.99. The average molecular weight is 209 g/mol. The number of fused-ring (bicyclic) bond motifs is 1. The van der Waals surface area contributed by atoms with Crippen molar-refractivity contribution < 1.29 is 9.57 Å². The number of hydrogen-bond donors (Lipinski definition) is 1. The first-order valence-electron chi connectivity index (χ1n) is 5.02. The van der Waals surface area contributed by atoms with Crippen LogP contribution in [0.5, 0.6) is 5.75 Å². The van der Waals surface area contributed by atoms with E-state index in [0.717, 1.165) is 30.3 Å². The lowest BCUT2D eigenvalue weighted by Crippen LogP contribution is -2.33. The smallest absolute Gasteiger partial charge is 0.171 e. The minimum absolute atomic E-state index is 0.707. The summed E-state index contributed by atoms with van der Waals surface area (Å²) in [6, 6.07) is 1.90. The molecule has 0 radical (unpaired) electrons. The van der Waals surface area contributed by atoms with E-state index in [4.69, 9.17) is 9.57 Å². The molecule has 0 spiro atoms. The molecule has 0 unspecified atom stereocenters. The molecule has 0 saturated heterocycles. The summed E-state index contributed by atoms with van der Waals surface area (Å²) in [7, 11) is 1.57. The van der Waals surface area contributed by atoms with Crippen LogP contribution in [-0.4, -0.2) is 31.8 Å². The van der Waals surface area contributed by atoms with Crippen LogP contribution in [0.1, 0.15) is 6.92 Å². The van der Waals surface area contributed by atoms with E-state index in [2.05, 4.69) is 22.3 Å². The van der Waals surface area contributed by atoms with E-state index >= 15 is 0 Å². The first-order valence-corrected chi connectivity index (χ1v) is 5.02. The Hall–Kier alpha value is -1.49. The van der Waals surface area contributed by atoms with Gasteiger partial charge in [0.05, 0.1) is 25.5 Å². The molecule has 0 bridgehead atoms. The summed E-state index contributed by atoms with van der Waals surface area (Å²) in [6.45, 7) is 4.66. The van der Waals surface area contributed by atoms with Crippen molar-refractivity contribution in [2.24, 2.45) is 0 Å². The fourth-order valence-corrected chi connectivity index (χ4v) is 1.63. The van der Waals surface area contributed by atoms with Crippen molar-refractivity contribution in [1.29, 1.82) is 0 Å². The van der Waals surface area contributed by atoms with Gasteiger partial charge in [-0.1, -0.05) is 0 Å². The maximum absolute atomic E-state index is 5.54. The van der Waals surface area contributed by atoms with Gasteiger partial charge in [0.25, 0.3) is 0 Å². The lowest BCUT2D eigenvalue weighted by atomic mass is 10.3. The topological polar surface area (TPSA) is 46.6 Å². The lowest BCUT2D eigenvalue weighted by Gasteiger charge is -2.29. The van der Waals surface area contributed by atoms with Crippen molar-refractivity contribution in [1.82, 2.24) is 4.98 Å². The molecule has 82 valence electrons. The SMILES string of the molecule is CCN1CCOc2cc(NOC)cnc21. The number of aromatic nitrogens is 1. The molecular formula is C10H15N3O2. The number of nitrogens with one attached hydrogen (secondary N) is 1. The standard InChI is InChI=1S/C10H15N3O2/c1-3-13-4-5-15-9-6-8(12-14-2)7-11-10(9)13/h6-7,12H,3-5H2,1-2H3. The monoisotopic (exact) mass is 209 g/mol. The highest BCUT2D eigenvalue weighted by Crippen LogP contribution is 2.31. The van der Waals surface area contributed by atoms with Crippen molar-refractivity contribution >= 4 is 11.5 Å². The van der Waals surface area contributed by atoms with Gasteiger partial charge < -0.3 is 9.64 Å². The van der Waals surface area contributed by atoms with Crippen LogP contribution in [0.4, 0.5) is 11.5 Å². The summed E-state index contributed by atoms with van der Waals surface area (Å²) in [6.07, 6.45) is 1.74. The van der Waals surface area contributed by atoms with Gasteiger partial charge in [-0.15, -0.1) is 0 Å². The number of rotatable bonds is 3. The van der Waals surface area contributed by atoms with Gasteiger partial charge in [-0.25, -0.2) is 4.98 Å². The summed E-state index contributed by atoms with van der Waals surface area (Å²) in [4.78, 5) is 11.4. The van der Waals surface area contributed by atoms with Crippen LogP contribution in [0.3, 0.4) is 0 Å². The van der Waals surface area contributed by atoms with Gasteiger partial charge in [-0.3, -0.25) is 10.3 Å². The third-order valence-corrected chi connectivity index (χ3v) is 2.35. The summed E-state index contributed by atoms with van der Waals surface area (Å²) < 4.78 is 5.54. The molecular weight excluding hydrogens is 194 g/mol. The highest BCUT2D eigenvalue weighted by atomic mass is 16.6. The number of nitrogens with zero attached hydrogens (tertiary/aromatic N) is 2. The molecule has 1 aliphatic heterocycles. The van der Waals surface area contributed by atoms with E-state index in [1.54, 1.807) is 13.3 Å². The predicted molar refractivity (Wildman–Crippen MR) is 58.3 cm³/mol. The fraction of sp³-hybridized carbons (Fsp3) is 0.500.